The molecule has 0 spiro atoms. The minimum Gasteiger partial charge on any atom is -0.338 e. The lowest BCUT2D eigenvalue weighted by Crippen LogP contribution is -2.61. The fourth-order valence-electron chi connectivity index (χ4n) is 4.39. The van der Waals surface area contributed by atoms with E-state index in [1.807, 2.05) is 32.7 Å². The Labute approximate surface area is 210 Å². The summed E-state index contributed by atoms with van der Waals surface area (Å²) in [5, 5.41) is 9.95. The Morgan fingerprint density at radius 3 is 2.40 bits per heavy atom. The molecule has 0 saturated carbocycles. The number of imidazole rings is 1. The monoisotopic (exact) mass is 501 g/mol. The second-order valence-electron chi connectivity index (χ2n) is 9.63. The van der Waals surface area contributed by atoms with Crippen molar-refractivity contribution < 1.29 is 14.4 Å². The highest BCUT2D eigenvalue weighted by atomic mass is 35.5. The Bertz CT molecular complexity index is 1110. The number of piperazine rings is 1. The van der Waals surface area contributed by atoms with Gasteiger partial charge >= 0.3 is 12.1 Å². The number of aromatic nitrogens is 2. The summed E-state index contributed by atoms with van der Waals surface area (Å²) in [5.74, 6) is 0.552. The molecule has 1 saturated heterocycles. The van der Waals surface area contributed by atoms with E-state index >= 15 is 0 Å². The van der Waals surface area contributed by atoms with Crippen molar-refractivity contribution in [3.8, 4) is 0 Å². The SMILES string of the molecule is CCC(C)(C)[C@@H](NC(=O)Nc1ccc(Cl)cc1)C(=O)N1CCN(N2Cc3cnc(C)n3C2=O)CC1. The fourth-order valence-corrected chi connectivity index (χ4v) is 4.51. The van der Waals surface area contributed by atoms with Crippen LogP contribution in [0.3, 0.4) is 0 Å². The van der Waals surface area contributed by atoms with E-state index in [1.165, 1.54) is 0 Å². The van der Waals surface area contributed by atoms with Crippen LogP contribution in [0.4, 0.5) is 15.3 Å². The van der Waals surface area contributed by atoms with Crippen LogP contribution in [-0.2, 0) is 11.3 Å². The average Bonchev–Trinajstić information content (AvgIpc) is 3.38. The Hall–Kier alpha value is -3.11. The highest BCUT2D eigenvalue weighted by molar-refractivity contribution is 6.30. The van der Waals surface area contributed by atoms with E-state index in [1.54, 1.807) is 44.9 Å². The summed E-state index contributed by atoms with van der Waals surface area (Å²) < 4.78 is 1.63. The summed E-state index contributed by atoms with van der Waals surface area (Å²) in [6.45, 7) is 10.2. The van der Waals surface area contributed by atoms with Gasteiger partial charge in [0.2, 0.25) is 5.91 Å². The minimum atomic E-state index is -0.700. The first-order chi connectivity index (χ1) is 16.6. The smallest absolute Gasteiger partial charge is 0.338 e. The molecule has 35 heavy (non-hydrogen) atoms. The minimum absolute atomic E-state index is 0.111. The molecule has 0 unspecified atom stereocenters. The number of anilines is 1. The summed E-state index contributed by atoms with van der Waals surface area (Å²) in [7, 11) is 0. The third-order valence-corrected chi connectivity index (χ3v) is 7.21. The molecule has 0 radical (unpaired) electrons. The summed E-state index contributed by atoms with van der Waals surface area (Å²) in [5.41, 5.74) is 1.00. The summed E-state index contributed by atoms with van der Waals surface area (Å²) in [4.78, 5) is 45.1. The van der Waals surface area contributed by atoms with Crippen LogP contribution in [0.1, 0.15) is 38.7 Å². The molecule has 3 heterocycles. The largest absolute Gasteiger partial charge is 0.344 e. The molecule has 1 atom stereocenters. The molecular formula is C24H32ClN7O3. The normalized spacial score (nSPS) is 17.3. The number of rotatable bonds is 6. The Morgan fingerprint density at radius 1 is 1.14 bits per heavy atom. The quantitative estimate of drug-likeness (QED) is 0.632. The standard InChI is InChI=1S/C24H32ClN7O3/c1-5-24(3,4)20(28-22(34)27-18-8-6-17(25)7-9-18)21(33)29-10-12-30(13-11-29)31-15-19-14-26-16(2)32(19)23(31)35/h6-9,14,20H,5,10-13,15H2,1-4H3,(H2,27,28,34)/t20-/m0/s1. The molecule has 0 aliphatic carbocycles. The lowest BCUT2D eigenvalue weighted by molar-refractivity contribution is -0.140. The molecule has 4 rings (SSSR count). The van der Waals surface area contributed by atoms with Crippen LogP contribution in [0.5, 0.6) is 0 Å². The number of nitrogens with zero attached hydrogens (tertiary/aromatic N) is 5. The zero-order valence-corrected chi connectivity index (χ0v) is 21.3. The van der Waals surface area contributed by atoms with Gasteiger partial charge in [-0.1, -0.05) is 32.4 Å². The molecule has 2 aliphatic rings. The van der Waals surface area contributed by atoms with E-state index in [2.05, 4.69) is 15.6 Å². The van der Waals surface area contributed by atoms with Crippen molar-refractivity contribution in [2.45, 2.75) is 46.7 Å². The summed E-state index contributed by atoms with van der Waals surface area (Å²) in [6.07, 6.45) is 2.43. The Morgan fingerprint density at radius 2 is 1.80 bits per heavy atom. The number of benzene rings is 1. The number of aryl methyl sites for hydroxylation is 1. The number of hydrazine groups is 1. The van der Waals surface area contributed by atoms with Gasteiger partial charge < -0.3 is 15.5 Å². The topological polar surface area (TPSA) is 103 Å². The number of hydrogen-bond acceptors (Lipinski definition) is 5. The highest BCUT2D eigenvalue weighted by Gasteiger charge is 2.40. The van der Waals surface area contributed by atoms with Crippen molar-refractivity contribution in [2.75, 3.05) is 31.5 Å². The van der Waals surface area contributed by atoms with Crippen molar-refractivity contribution in [2.24, 2.45) is 5.41 Å². The molecule has 1 fully saturated rings. The molecule has 0 bridgehead atoms. The van der Waals surface area contributed by atoms with Gasteiger partial charge in [-0.2, -0.15) is 0 Å². The molecule has 2 aromatic rings. The van der Waals surface area contributed by atoms with Gasteiger partial charge in [-0.15, -0.1) is 0 Å². The number of carbonyl (C=O) groups is 3. The lowest BCUT2D eigenvalue weighted by Gasteiger charge is -2.42. The number of nitrogens with one attached hydrogen (secondary N) is 2. The first kappa shape index (κ1) is 25.0. The number of amides is 4. The predicted molar refractivity (Wildman–Crippen MR) is 133 cm³/mol. The van der Waals surface area contributed by atoms with E-state index < -0.39 is 17.5 Å². The fraction of sp³-hybridized carbons (Fsp3) is 0.500. The second kappa shape index (κ2) is 9.87. The van der Waals surface area contributed by atoms with Crippen LogP contribution < -0.4 is 10.6 Å². The Kier molecular flexibility index (Phi) is 7.05. The van der Waals surface area contributed by atoms with Crippen molar-refractivity contribution in [1.82, 2.24) is 29.8 Å². The molecule has 4 amide bonds. The van der Waals surface area contributed by atoms with Crippen LogP contribution in [-0.4, -0.2) is 74.7 Å². The van der Waals surface area contributed by atoms with Crippen LogP contribution >= 0.6 is 11.6 Å². The molecule has 10 nitrogen and oxygen atoms in total. The molecule has 2 aliphatic heterocycles. The van der Waals surface area contributed by atoms with E-state index in [9.17, 15) is 14.4 Å². The maximum atomic E-state index is 13.6. The maximum Gasteiger partial charge on any atom is 0.344 e. The molecule has 188 valence electrons. The lowest BCUT2D eigenvalue weighted by atomic mass is 9.81. The molecule has 1 aromatic heterocycles. The van der Waals surface area contributed by atoms with Crippen LogP contribution in [0, 0.1) is 12.3 Å². The van der Waals surface area contributed by atoms with Gasteiger partial charge in [-0.05, 0) is 43.0 Å². The third-order valence-electron chi connectivity index (χ3n) is 6.96. The second-order valence-corrected chi connectivity index (χ2v) is 10.1. The van der Waals surface area contributed by atoms with Crippen molar-refractivity contribution >= 4 is 35.3 Å². The van der Waals surface area contributed by atoms with Crippen molar-refractivity contribution in [3.63, 3.8) is 0 Å². The zero-order valence-electron chi connectivity index (χ0n) is 20.5. The predicted octanol–water partition coefficient (Wildman–Crippen LogP) is 3.31. The van der Waals surface area contributed by atoms with Gasteiger partial charge in [0, 0.05) is 36.9 Å². The van der Waals surface area contributed by atoms with Crippen molar-refractivity contribution in [1.29, 1.82) is 0 Å². The third kappa shape index (κ3) is 5.13. The van der Waals surface area contributed by atoms with E-state index in [0.717, 1.165) is 5.69 Å². The van der Waals surface area contributed by atoms with Gasteiger partial charge in [0.05, 0.1) is 18.4 Å². The summed E-state index contributed by atoms with van der Waals surface area (Å²) in [6, 6.07) is 5.53. The van der Waals surface area contributed by atoms with Crippen molar-refractivity contribution in [3.05, 3.63) is 47.0 Å². The zero-order chi connectivity index (χ0) is 25.3. The van der Waals surface area contributed by atoms with Crippen LogP contribution in [0.25, 0.3) is 0 Å². The van der Waals surface area contributed by atoms with E-state index in [-0.39, 0.29) is 11.9 Å². The maximum absolute atomic E-state index is 13.6. The van der Waals surface area contributed by atoms with Gasteiger partial charge in [-0.25, -0.2) is 24.1 Å². The highest BCUT2D eigenvalue weighted by Crippen LogP contribution is 2.28. The first-order valence-corrected chi connectivity index (χ1v) is 12.2. The molecule has 2 N–H and O–H groups in total. The molecular weight excluding hydrogens is 470 g/mol. The van der Waals surface area contributed by atoms with Gasteiger partial charge in [0.1, 0.15) is 11.9 Å². The van der Waals surface area contributed by atoms with Gasteiger partial charge in [0.25, 0.3) is 0 Å². The number of carbonyl (C=O) groups excluding carboxylic acids is 3. The van der Waals surface area contributed by atoms with E-state index in [0.29, 0.717) is 55.7 Å². The van der Waals surface area contributed by atoms with E-state index in [4.69, 9.17) is 11.6 Å². The first-order valence-electron chi connectivity index (χ1n) is 11.8. The van der Waals surface area contributed by atoms with Gasteiger partial charge in [-0.3, -0.25) is 9.80 Å². The van der Waals surface area contributed by atoms with Crippen LogP contribution in [0.2, 0.25) is 5.02 Å². The molecule has 11 heteroatoms. The number of urea groups is 1. The summed E-state index contributed by atoms with van der Waals surface area (Å²) >= 11 is 5.92. The number of fused-ring (bicyclic) bond motifs is 1. The number of hydrogen-bond donors (Lipinski definition) is 2. The van der Waals surface area contributed by atoms with Gasteiger partial charge in [0.15, 0.2) is 0 Å². The number of halogens is 1. The molecule has 1 aromatic carbocycles. The average molecular weight is 502 g/mol. The Balaban J connectivity index is 1.38. The van der Waals surface area contributed by atoms with Crippen LogP contribution in [0.15, 0.2) is 30.5 Å².